The van der Waals surface area contributed by atoms with Gasteiger partial charge in [-0.15, -0.1) is 0 Å². The highest BCUT2D eigenvalue weighted by molar-refractivity contribution is 5.81. The number of hydrogen-bond donors (Lipinski definition) is 0. The van der Waals surface area contributed by atoms with Gasteiger partial charge < -0.3 is 14.5 Å². The summed E-state index contributed by atoms with van der Waals surface area (Å²) in [5.41, 5.74) is 0.155. The fraction of sp³-hybridized carbons (Fsp3) is 0.579. The largest absolute Gasteiger partial charge is 0.416 e. The predicted molar refractivity (Wildman–Crippen MR) is 90.2 cm³/mol. The van der Waals surface area contributed by atoms with E-state index in [9.17, 15) is 22.8 Å². The number of Topliss-reactive ketones (excluding diaryl/α,β-unsaturated/α-hetero) is 1. The van der Waals surface area contributed by atoms with Crippen LogP contribution < -0.4 is 0 Å². The summed E-state index contributed by atoms with van der Waals surface area (Å²) in [6.45, 7) is 2.32. The number of ketones is 1. The Hall–Kier alpha value is -2.09. The zero-order valence-corrected chi connectivity index (χ0v) is 14.7. The van der Waals surface area contributed by atoms with Crippen LogP contribution in [0.5, 0.6) is 0 Å². The van der Waals surface area contributed by atoms with Gasteiger partial charge in [0.15, 0.2) is 5.78 Å². The second-order valence-corrected chi connectivity index (χ2v) is 7.59. The van der Waals surface area contributed by atoms with Gasteiger partial charge in [0, 0.05) is 44.4 Å². The molecule has 4 rings (SSSR count). The molecular formula is C19H21F3N2O3. The molecule has 0 aromatic heterocycles. The zero-order chi connectivity index (χ0) is 19.2. The fourth-order valence-electron chi connectivity index (χ4n) is 4.14. The number of urea groups is 1. The Morgan fingerprint density at radius 2 is 1.78 bits per heavy atom. The number of ether oxygens (including phenoxy) is 1. The van der Waals surface area contributed by atoms with E-state index in [1.165, 1.54) is 12.1 Å². The number of piperidine rings is 1. The maximum Gasteiger partial charge on any atom is 0.416 e. The van der Waals surface area contributed by atoms with E-state index in [2.05, 4.69) is 0 Å². The lowest BCUT2D eigenvalue weighted by Gasteiger charge is -2.46. The van der Waals surface area contributed by atoms with Gasteiger partial charge in [-0.25, -0.2) is 4.79 Å². The van der Waals surface area contributed by atoms with Crippen LogP contribution in [0.25, 0.3) is 0 Å². The summed E-state index contributed by atoms with van der Waals surface area (Å²) < 4.78 is 43.5. The molecule has 3 aliphatic rings. The quantitative estimate of drug-likeness (QED) is 0.751. The summed E-state index contributed by atoms with van der Waals surface area (Å²) in [4.78, 5) is 27.7. The highest BCUT2D eigenvalue weighted by Crippen LogP contribution is 2.34. The van der Waals surface area contributed by atoms with Crippen LogP contribution in [0, 0.1) is 5.92 Å². The molecule has 1 aromatic carbocycles. The number of carbonyl (C=O) groups is 2. The van der Waals surface area contributed by atoms with Crippen molar-refractivity contribution < 1.29 is 27.5 Å². The van der Waals surface area contributed by atoms with Crippen molar-refractivity contribution in [2.24, 2.45) is 5.92 Å². The van der Waals surface area contributed by atoms with Crippen LogP contribution in [0.4, 0.5) is 18.0 Å². The van der Waals surface area contributed by atoms with Crippen LogP contribution in [0.2, 0.25) is 0 Å². The van der Waals surface area contributed by atoms with E-state index in [0.717, 1.165) is 24.1 Å². The smallest absolute Gasteiger partial charge is 0.370 e. The van der Waals surface area contributed by atoms with Crippen molar-refractivity contribution in [2.45, 2.75) is 31.0 Å². The topological polar surface area (TPSA) is 49.9 Å². The number of likely N-dealkylation sites (tertiary alicyclic amines) is 2. The summed E-state index contributed by atoms with van der Waals surface area (Å²) in [5.74, 6) is 0.209. The molecule has 3 heterocycles. The number of carbonyl (C=O) groups excluding carboxylic acids is 2. The minimum atomic E-state index is -4.34. The molecule has 146 valence electrons. The second-order valence-electron chi connectivity index (χ2n) is 7.59. The van der Waals surface area contributed by atoms with Crippen molar-refractivity contribution >= 4 is 11.8 Å². The van der Waals surface area contributed by atoms with Gasteiger partial charge in [0.25, 0.3) is 0 Å². The Bertz CT molecular complexity index is 729. The number of fused-ring (bicyclic) bond motifs is 1. The maximum atomic E-state index is 12.7. The molecule has 0 aliphatic carbocycles. The molecule has 1 aromatic rings. The Morgan fingerprint density at radius 1 is 1.07 bits per heavy atom. The fourth-order valence-corrected chi connectivity index (χ4v) is 4.14. The Balaban J connectivity index is 1.31. The van der Waals surface area contributed by atoms with E-state index in [0.29, 0.717) is 32.6 Å². The molecule has 0 bridgehead atoms. The van der Waals surface area contributed by atoms with Crippen molar-refractivity contribution in [2.75, 3.05) is 32.8 Å². The molecule has 5 nitrogen and oxygen atoms in total. The third-order valence-electron chi connectivity index (χ3n) is 5.74. The Kier molecular flexibility index (Phi) is 4.61. The molecule has 0 N–H and O–H groups in total. The number of amides is 2. The first-order valence-corrected chi connectivity index (χ1v) is 9.15. The van der Waals surface area contributed by atoms with Crippen LogP contribution in [0.3, 0.4) is 0 Å². The highest BCUT2D eigenvalue weighted by atomic mass is 19.4. The molecular weight excluding hydrogens is 361 g/mol. The number of rotatable bonds is 1. The van der Waals surface area contributed by atoms with Gasteiger partial charge in [0.05, 0.1) is 11.7 Å². The molecule has 3 fully saturated rings. The van der Waals surface area contributed by atoms with Crippen LogP contribution in [-0.2, 0) is 15.7 Å². The SMILES string of the molecule is O=C1CO[C@H]2CCN(C(=O)N3CC(c4ccc(C(F)(F)F)cc4)C3)C[C@H]2C1. The molecule has 0 unspecified atom stereocenters. The first kappa shape index (κ1) is 18.3. The molecule has 27 heavy (non-hydrogen) atoms. The van der Waals surface area contributed by atoms with E-state index >= 15 is 0 Å². The van der Waals surface area contributed by atoms with Crippen LogP contribution in [-0.4, -0.2) is 60.5 Å². The van der Waals surface area contributed by atoms with Crippen molar-refractivity contribution in [3.05, 3.63) is 35.4 Å². The number of alkyl halides is 3. The Morgan fingerprint density at radius 3 is 2.44 bits per heavy atom. The Labute approximate surface area is 155 Å². The van der Waals surface area contributed by atoms with Gasteiger partial charge in [-0.2, -0.15) is 13.2 Å². The predicted octanol–water partition coefficient (Wildman–Crippen LogP) is 2.90. The summed E-state index contributed by atoms with van der Waals surface area (Å²) in [5, 5.41) is 0. The van der Waals surface area contributed by atoms with E-state index < -0.39 is 11.7 Å². The van der Waals surface area contributed by atoms with Crippen LogP contribution >= 0.6 is 0 Å². The third kappa shape index (κ3) is 3.67. The van der Waals surface area contributed by atoms with E-state index in [4.69, 9.17) is 4.74 Å². The number of nitrogens with zero attached hydrogens (tertiary/aromatic N) is 2. The van der Waals surface area contributed by atoms with Crippen molar-refractivity contribution in [3.63, 3.8) is 0 Å². The number of benzene rings is 1. The monoisotopic (exact) mass is 382 g/mol. The van der Waals surface area contributed by atoms with E-state index in [1.54, 1.807) is 9.80 Å². The summed E-state index contributed by atoms with van der Waals surface area (Å²) in [6, 6.07) is 5.10. The van der Waals surface area contributed by atoms with Gasteiger partial charge in [0.1, 0.15) is 6.61 Å². The first-order valence-electron chi connectivity index (χ1n) is 9.15. The van der Waals surface area contributed by atoms with E-state index in [1.807, 2.05) is 0 Å². The van der Waals surface area contributed by atoms with Crippen molar-refractivity contribution in [1.82, 2.24) is 9.80 Å². The normalized spacial score (nSPS) is 26.6. The second kappa shape index (κ2) is 6.82. The number of halogens is 3. The molecule has 3 saturated heterocycles. The summed E-state index contributed by atoms with van der Waals surface area (Å²) in [7, 11) is 0. The molecule has 2 atom stereocenters. The van der Waals surface area contributed by atoms with Gasteiger partial charge >= 0.3 is 12.2 Å². The highest BCUT2D eigenvalue weighted by Gasteiger charge is 2.40. The molecule has 0 saturated carbocycles. The maximum absolute atomic E-state index is 12.7. The molecule has 3 aliphatic heterocycles. The van der Waals surface area contributed by atoms with Gasteiger partial charge in [-0.1, -0.05) is 12.1 Å². The lowest BCUT2D eigenvalue weighted by atomic mass is 9.87. The van der Waals surface area contributed by atoms with Gasteiger partial charge in [-0.3, -0.25) is 4.79 Å². The first-order chi connectivity index (χ1) is 12.8. The average molecular weight is 382 g/mol. The molecule has 0 radical (unpaired) electrons. The van der Waals surface area contributed by atoms with Crippen LogP contribution in [0.1, 0.15) is 29.9 Å². The van der Waals surface area contributed by atoms with Crippen molar-refractivity contribution in [1.29, 1.82) is 0 Å². The third-order valence-corrected chi connectivity index (χ3v) is 5.74. The van der Waals surface area contributed by atoms with E-state index in [-0.39, 0.29) is 36.4 Å². The lowest BCUT2D eigenvalue weighted by molar-refractivity contribution is -0.140. The summed E-state index contributed by atoms with van der Waals surface area (Å²) in [6.07, 6.45) is -3.08. The minimum Gasteiger partial charge on any atom is -0.370 e. The lowest BCUT2D eigenvalue weighted by Crippen LogP contribution is -2.58. The number of hydrogen-bond acceptors (Lipinski definition) is 3. The molecule has 0 spiro atoms. The molecule has 8 heteroatoms. The minimum absolute atomic E-state index is 0.0584. The standard InChI is InChI=1S/C19H21F3N2O3/c20-19(21,22)15-3-1-12(2-4-15)14-9-24(10-14)18(26)23-6-5-17-13(8-23)7-16(25)11-27-17/h1-4,13-14,17H,5-11H2/t13-,17+/m1/s1. The van der Waals surface area contributed by atoms with Crippen LogP contribution in [0.15, 0.2) is 24.3 Å². The van der Waals surface area contributed by atoms with Gasteiger partial charge in [-0.05, 0) is 24.1 Å². The summed E-state index contributed by atoms with van der Waals surface area (Å²) >= 11 is 0. The van der Waals surface area contributed by atoms with Crippen molar-refractivity contribution in [3.8, 4) is 0 Å². The molecule has 2 amide bonds. The average Bonchev–Trinajstić information content (AvgIpc) is 2.59. The van der Waals surface area contributed by atoms with Gasteiger partial charge in [0.2, 0.25) is 0 Å². The zero-order valence-electron chi connectivity index (χ0n) is 14.7.